The van der Waals surface area contributed by atoms with Crippen LogP contribution < -0.4 is 10.6 Å². The quantitative estimate of drug-likeness (QED) is 0.120. The summed E-state index contributed by atoms with van der Waals surface area (Å²) in [7, 11) is 5.42. The van der Waals surface area contributed by atoms with E-state index in [1.807, 2.05) is 36.4 Å². The average molecular weight is 813 g/mol. The van der Waals surface area contributed by atoms with Crippen LogP contribution in [0.1, 0.15) is 63.3 Å². The molecule has 2 saturated heterocycles. The van der Waals surface area contributed by atoms with E-state index in [1.54, 1.807) is 35.9 Å². The first-order chi connectivity index (χ1) is 28.4. The maximum absolute atomic E-state index is 15.8. The summed E-state index contributed by atoms with van der Waals surface area (Å²) in [5, 5.41) is 7.03. The fourth-order valence-corrected chi connectivity index (χ4v) is 8.05. The number of aromatic amines is 2. The normalized spacial score (nSPS) is 18.8. The van der Waals surface area contributed by atoms with E-state index in [2.05, 4.69) is 25.6 Å². The van der Waals surface area contributed by atoms with Gasteiger partial charge in [0.25, 0.3) is 0 Å². The summed E-state index contributed by atoms with van der Waals surface area (Å²) in [6, 6.07) is 12.2. The van der Waals surface area contributed by atoms with Gasteiger partial charge in [-0.1, -0.05) is 24.3 Å². The van der Waals surface area contributed by atoms with Crippen molar-refractivity contribution in [3.05, 3.63) is 72.2 Å². The number of amides is 4. The van der Waals surface area contributed by atoms with Crippen LogP contribution in [-0.2, 0) is 28.5 Å². The van der Waals surface area contributed by atoms with Crippen molar-refractivity contribution in [1.82, 2.24) is 40.4 Å². The zero-order valence-corrected chi connectivity index (χ0v) is 33.8. The Balaban J connectivity index is 1.09. The maximum Gasteiger partial charge on any atom is 0.407 e. The number of benzene rings is 3. The van der Waals surface area contributed by atoms with Crippen LogP contribution in [0.4, 0.5) is 14.0 Å². The number of alkyl carbamates (subject to hydrolysis) is 2. The van der Waals surface area contributed by atoms with Crippen molar-refractivity contribution in [3.8, 4) is 22.4 Å². The molecule has 17 heteroatoms. The number of hydrogen-bond acceptors (Lipinski definition) is 10. The van der Waals surface area contributed by atoms with Crippen LogP contribution in [0.15, 0.2) is 54.7 Å². The molecule has 4 heterocycles. The number of hydrogen-bond donors (Lipinski definition) is 4. The first kappa shape index (κ1) is 41.1. The number of likely N-dealkylation sites (tertiary alicyclic amines) is 2. The van der Waals surface area contributed by atoms with Gasteiger partial charge in [-0.05, 0) is 74.1 Å². The van der Waals surface area contributed by atoms with Crippen LogP contribution in [0.3, 0.4) is 0 Å². The largest absolute Gasteiger partial charge is 0.453 e. The number of imidazole rings is 2. The first-order valence-corrected chi connectivity index (χ1v) is 19.6. The van der Waals surface area contributed by atoms with E-state index < -0.39 is 48.3 Å². The summed E-state index contributed by atoms with van der Waals surface area (Å²) in [6.07, 6.45) is 1.95. The number of methoxy groups -OCH3 is 4. The molecule has 0 radical (unpaired) electrons. The lowest BCUT2D eigenvalue weighted by molar-refractivity contribution is -0.138. The summed E-state index contributed by atoms with van der Waals surface area (Å²) in [5.74, 6) is 0.151. The molecule has 312 valence electrons. The SMILES string of the molecule is COC(=O)N[C@H](C(=O)N1CCC[C@H]1c1ncc(-c2ccc3cc(-c4cc5nc([C@@H]6CCCN6C(=O)[C@@H](NC(=O)OC)[C@@H](C)OC)[nH]c5cc4F)ccc3c2)[nH]1)[C@@H](C)OC. The topological polar surface area (TPSA) is 193 Å². The molecule has 2 aromatic heterocycles. The molecule has 59 heavy (non-hydrogen) atoms. The van der Waals surface area contributed by atoms with Crippen molar-refractivity contribution in [2.45, 2.75) is 75.9 Å². The second-order valence-corrected chi connectivity index (χ2v) is 14.9. The fourth-order valence-electron chi connectivity index (χ4n) is 8.05. The minimum absolute atomic E-state index is 0.278. The third kappa shape index (κ3) is 8.29. The molecule has 0 spiro atoms. The number of nitrogens with zero attached hydrogens (tertiary/aromatic N) is 4. The van der Waals surface area contributed by atoms with Crippen LogP contribution in [0.5, 0.6) is 0 Å². The highest BCUT2D eigenvalue weighted by molar-refractivity contribution is 5.92. The van der Waals surface area contributed by atoms with Crippen LogP contribution in [0.2, 0.25) is 0 Å². The van der Waals surface area contributed by atoms with Crippen molar-refractivity contribution >= 4 is 45.8 Å². The molecule has 0 bridgehead atoms. The Kier molecular flexibility index (Phi) is 12.1. The standard InChI is InChI=1S/C42H49FN8O8/c1-22(56-3)35(48-41(54)58-5)39(52)50-15-7-9-33(50)37-44-21-32(47-37)27-14-12-24-17-26(13-11-25(24)18-27)28-19-30-31(20-29(28)43)46-38(45-30)34-10-8-16-51(34)40(53)36(23(2)57-4)49-42(55)59-6/h11-14,17-23,33-36H,7-10,15-16H2,1-6H3,(H,44,47)(H,45,46)(H,48,54)(H,49,55)/t22-,23-,33+,34+,35+,36+/m1/s1. The predicted octanol–water partition coefficient (Wildman–Crippen LogP) is 5.76. The number of ether oxygens (including phenoxy) is 4. The third-order valence-electron chi connectivity index (χ3n) is 11.5. The Bertz CT molecular complexity index is 2370. The number of fused-ring (bicyclic) bond motifs is 2. The number of rotatable bonds is 12. The number of nitrogens with one attached hydrogen (secondary N) is 4. The Morgan fingerprint density at radius 1 is 0.746 bits per heavy atom. The van der Waals surface area contributed by atoms with Gasteiger partial charge in [-0.25, -0.2) is 23.9 Å². The van der Waals surface area contributed by atoms with Gasteiger partial charge in [0.05, 0.1) is 61.4 Å². The van der Waals surface area contributed by atoms with E-state index in [-0.39, 0.29) is 17.9 Å². The maximum atomic E-state index is 15.8. The van der Waals surface area contributed by atoms with E-state index in [0.29, 0.717) is 59.7 Å². The molecule has 7 rings (SSSR count). The Morgan fingerprint density at radius 2 is 1.29 bits per heavy atom. The van der Waals surface area contributed by atoms with E-state index in [1.165, 1.54) is 34.5 Å². The summed E-state index contributed by atoms with van der Waals surface area (Å²) in [6.45, 7) is 4.38. The molecule has 16 nitrogen and oxygen atoms in total. The van der Waals surface area contributed by atoms with E-state index in [9.17, 15) is 19.2 Å². The highest BCUT2D eigenvalue weighted by atomic mass is 19.1. The minimum Gasteiger partial charge on any atom is -0.453 e. The summed E-state index contributed by atoms with van der Waals surface area (Å²) < 4.78 is 36.1. The van der Waals surface area contributed by atoms with Crippen LogP contribution in [-0.4, -0.2) is 120 Å². The van der Waals surface area contributed by atoms with Crippen molar-refractivity contribution < 1.29 is 42.5 Å². The van der Waals surface area contributed by atoms with Gasteiger partial charge in [0.1, 0.15) is 29.5 Å². The molecule has 2 aliphatic rings. The minimum atomic E-state index is -0.967. The van der Waals surface area contributed by atoms with Crippen LogP contribution >= 0.6 is 0 Å². The molecular weight excluding hydrogens is 764 g/mol. The van der Waals surface area contributed by atoms with E-state index in [4.69, 9.17) is 23.9 Å². The predicted molar refractivity (Wildman–Crippen MR) is 216 cm³/mol. The molecule has 4 N–H and O–H groups in total. The number of carbonyl (C=O) groups is 4. The van der Waals surface area contributed by atoms with Gasteiger partial charge in [0.2, 0.25) is 11.8 Å². The summed E-state index contributed by atoms with van der Waals surface area (Å²) in [5.41, 5.74) is 3.79. The molecule has 0 aliphatic carbocycles. The molecule has 0 saturated carbocycles. The smallest absolute Gasteiger partial charge is 0.407 e. The summed E-state index contributed by atoms with van der Waals surface area (Å²) >= 11 is 0. The Labute approximate surface area is 340 Å². The highest BCUT2D eigenvalue weighted by Gasteiger charge is 2.40. The number of halogens is 1. The fraction of sp³-hybridized carbons (Fsp3) is 0.429. The monoisotopic (exact) mass is 812 g/mol. The van der Waals surface area contributed by atoms with Gasteiger partial charge in [0, 0.05) is 44.5 Å². The van der Waals surface area contributed by atoms with Gasteiger partial charge >= 0.3 is 12.2 Å². The molecule has 0 unspecified atom stereocenters. The lowest BCUT2D eigenvalue weighted by atomic mass is 9.98. The second kappa shape index (κ2) is 17.4. The van der Waals surface area contributed by atoms with Gasteiger partial charge in [-0.15, -0.1) is 0 Å². The second-order valence-electron chi connectivity index (χ2n) is 14.9. The lowest BCUT2D eigenvalue weighted by Gasteiger charge is -2.30. The van der Waals surface area contributed by atoms with Crippen molar-refractivity contribution in [1.29, 1.82) is 0 Å². The van der Waals surface area contributed by atoms with Gasteiger partial charge in [-0.3, -0.25) is 9.59 Å². The van der Waals surface area contributed by atoms with Crippen LogP contribution in [0.25, 0.3) is 44.2 Å². The van der Waals surface area contributed by atoms with Crippen LogP contribution in [0, 0.1) is 5.82 Å². The van der Waals surface area contributed by atoms with Gasteiger partial charge < -0.3 is 49.3 Å². The number of H-pyrrole nitrogens is 2. The number of carbonyl (C=O) groups excluding carboxylic acids is 4. The molecule has 2 fully saturated rings. The first-order valence-electron chi connectivity index (χ1n) is 19.6. The average Bonchev–Trinajstić information content (AvgIpc) is 4.09. The molecule has 2 aliphatic heterocycles. The molecule has 6 atom stereocenters. The van der Waals surface area contributed by atoms with Gasteiger partial charge in [0.15, 0.2) is 0 Å². The zero-order chi connectivity index (χ0) is 42.0. The zero-order valence-electron chi connectivity index (χ0n) is 33.8. The molecular formula is C42H49FN8O8. The van der Waals surface area contributed by atoms with Gasteiger partial charge in [-0.2, -0.15) is 0 Å². The molecule has 4 amide bonds. The van der Waals surface area contributed by atoms with Crippen molar-refractivity contribution in [3.63, 3.8) is 0 Å². The Hall–Kier alpha value is -6.07. The Morgan fingerprint density at radius 3 is 1.85 bits per heavy atom. The van der Waals surface area contributed by atoms with E-state index in [0.717, 1.165) is 34.9 Å². The number of aromatic nitrogens is 4. The highest BCUT2D eigenvalue weighted by Crippen LogP contribution is 2.36. The lowest BCUT2D eigenvalue weighted by Crippen LogP contribution is -2.54. The molecule has 3 aromatic carbocycles. The van der Waals surface area contributed by atoms with Crippen molar-refractivity contribution in [2.75, 3.05) is 41.5 Å². The van der Waals surface area contributed by atoms with Crippen molar-refractivity contribution in [2.24, 2.45) is 0 Å². The van der Waals surface area contributed by atoms with E-state index >= 15 is 4.39 Å². The summed E-state index contributed by atoms with van der Waals surface area (Å²) in [4.78, 5) is 71.0. The third-order valence-corrected chi connectivity index (χ3v) is 11.5. The molecule has 5 aromatic rings.